The Bertz CT molecular complexity index is 445. The number of hydrogen-bond acceptors (Lipinski definition) is 2. The minimum atomic E-state index is 0.451. The van der Waals surface area contributed by atoms with Gasteiger partial charge in [0, 0.05) is 11.1 Å². The lowest BCUT2D eigenvalue weighted by Gasteiger charge is -2.02. The number of aromatic amines is 1. The molecule has 3 nitrogen and oxygen atoms in total. The molecule has 0 spiro atoms. The van der Waals surface area contributed by atoms with E-state index in [1.807, 2.05) is 18.2 Å². The smallest absolute Gasteiger partial charge is 0.119 e. The van der Waals surface area contributed by atoms with Gasteiger partial charge in [-0.25, -0.2) is 0 Å². The lowest BCUT2D eigenvalue weighted by molar-refractivity contribution is 0.415. The summed E-state index contributed by atoms with van der Waals surface area (Å²) in [6, 6.07) is 5.91. The predicted octanol–water partition coefficient (Wildman–Crippen LogP) is 2.69. The first-order valence-electron chi connectivity index (χ1n) is 4.74. The van der Waals surface area contributed by atoms with Gasteiger partial charge in [-0.05, 0) is 24.1 Å². The molecule has 0 fully saturated rings. The molecule has 1 aromatic carbocycles. The first kappa shape index (κ1) is 9.06. The number of methoxy groups -OCH3 is 1. The van der Waals surface area contributed by atoms with Crippen LogP contribution in [0.5, 0.6) is 5.75 Å². The van der Waals surface area contributed by atoms with E-state index in [1.54, 1.807) is 7.11 Å². The maximum atomic E-state index is 5.18. The third kappa shape index (κ3) is 1.35. The van der Waals surface area contributed by atoms with Crippen LogP contribution in [0, 0.1) is 0 Å². The van der Waals surface area contributed by atoms with Crippen LogP contribution in [0.1, 0.15) is 25.5 Å². The van der Waals surface area contributed by atoms with E-state index in [0.717, 1.165) is 16.7 Å². The van der Waals surface area contributed by atoms with E-state index in [0.29, 0.717) is 5.92 Å². The Labute approximate surface area is 83.1 Å². The molecule has 1 heterocycles. The van der Waals surface area contributed by atoms with Crippen molar-refractivity contribution in [2.24, 2.45) is 0 Å². The molecule has 14 heavy (non-hydrogen) atoms. The molecule has 0 atom stereocenters. The van der Waals surface area contributed by atoms with Crippen molar-refractivity contribution in [3.63, 3.8) is 0 Å². The Morgan fingerprint density at radius 3 is 2.79 bits per heavy atom. The Hall–Kier alpha value is -1.51. The van der Waals surface area contributed by atoms with Crippen molar-refractivity contribution in [2.45, 2.75) is 19.8 Å². The van der Waals surface area contributed by atoms with Crippen molar-refractivity contribution in [1.29, 1.82) is 0 Å². The lowest BCUT2D eigenvalue weighted by atomic mass is 10.1. The number of nitrogens with one attached hydrogen (secondary N) is 1. The fourth-order valence-electron chi connectivity index (χ4n) is 1.58. The fourth-order valence-corrected chi connectivity index (χ4v) is 1.58. The van der Waals surface area contributed by atoms with E-state index in [-0.39, 0.29) is 0 Å². The molecule has 1 N–H and O–H groups in total. The highest BCUT2D eigenvalue weighted by Gasteiger charge is 2.08. The van der Waals surface area contributed by atoms with Crippen molar-refractivity contribution in [3.05, 3.63) is 23.9 Å². The van der Waals surface area contributed by atoms with Gasteiger partial charge >= 0.3 is 0 Å². The quantitative estimate of drug-likeness (QED) is 0.790. The molecule has 0 aliphatic rings. The van der Waals surface area contributed by atoms with Gasteiger partial charge in [0.15, 0.2) is 0 Å². The molecule has 0 saturated carbocycles. The normalized spacial score (nSPS) is 11.1. The van der Waals surface area contributed by atoms with Gasteiger partial charge in [-0.2, -0.15) is 5.10 Å². The summed E-state index contributed by atoms with van der Waals surface area (Å²) in [5, 5.41) is 8.45. The third-order valence-electron chi connectivity index (χ3n) is 2.37. The summed E-state index contributed by atoms with van der Waals surface area (Å²) in [5.74, 6) is 1.33. The molecule has 3 heteroatoms. The molecule has 0 bridgehead atoms. The average Bonchev–Trinajstić information content (AvgIpc) is 2.59. The Morgan fingerprint density at radius 1 is 1.36 bits per heavy atom. The van der Waals surface area contributed by atoms with Crippen molar-refractivity contribution in [3.8, 4) is 5.75 Å². The van der Waals surface area contributed by atoms with Crippen LogP contribution < -0.4 is 4.74 Å². The van der Waals surface area contributed by atoms with E-state index in [1.165, 1.54) is 5.69 Å². The SMILES string of the molecule is COc1ccc2n[nH]c(C(C)C)c2c1. The predicted molar refractivity (Wildman–Crippen MR) is 56.7 cm³/mol. The number of ether oxygens (including phenoxy) is 1. The highest BCUT2D eigenvalue weighted by atomic mass is 16.5. The lowest BCUT2D eigenvalue weighted by Crippen LogP contribution is -1.88. The summed E-state index contributed by atoms with van der Waals surface area (Å²) >= 11 is 0. The number of benzene rings is 1. The van der Waals surface area contributed by atoms with Crippen LogP contribution in [0.15, 0.2) is 18.2 Å². The molecule has 0 aliphatic heterocycles. The molecule has 0 saturated heterocycles. The molecule has 0 unspecified atom stereocenters. The first-order chi connectivity index (χ1) is 6.72. The van der Waals surface area contributed by atoms with Crippen LogP contribution in [0.25, 0.3) is 10.9 Å². The molecule has 0 aliphatic carbocycles. The van der Waals surface area contributed by atoms with Crippen LogP contribution in [0.4, 0.5) is 0 Å². The molecule has 2 aromatic rings. The highest BCUT2D eigenvalue weighted by molar-refractivity contribution is 5.83. The van der Waals surface area contributed by atoms with E-state index < -0.39 is 0 Å². The van der Waals surface area contributed by atoms with E-state index in [4.69, 9.17) is 4.74 Å². The molecule has 74 valence electrons. The molecular weight excluding hydrogens is 176 g/mol. The van der Waals surface area contributed by atoms with Crippen LogP contribution >= 0.6 is 0 Å². The summed E-state index contributed by atoms with van der Waals surface area (Å²) in [7, 11) is 1.68. The zero-order valence-corrected chi connectivity index (χ0v) is 8.66. The average molecular weight is 190 g/mol. The molecule has 2 rings (SSSR count). The first-order valence-corrected chi connectivity index (χ1v) is 4.74. The van der Waals surface area contributed by atoms with Crippen LogP contribution in [-0.2, 0) is 0 Å². The summed E-state index contributed by atoms with van der Waals surface area (Å²) in [6.07, 6.45) is 0. The van der Waals surface area contributed by atoms with Crippen LogP contribution in [0.3, 0.4) is 0 Å². The maximum Gasteiger partial charge on any atom is 0.119 e. The minimum absolute atomic E-state index is 0.451. The fraction of sp³-hybridized carbons (Fsp3) is 0.364. The summed E-state index contributed by atoms with van der Waals surface area (Å²) in [4.78, 5) is 0. The van der Waals surface area contributed by atoms with E-state index in [2.05, 4.69) is 24.0 Å². The van der Waals surface area contributed by atoms with Gasteiger partial charge in [0.25, 0.3) is 0 Å². The van der Waals surface area contributed by atoms with Gasteiger partial charge in [0.05, 0.1) is 12.6 Å². The van der Waals surface area contributed by atoms with E-state index in [9.17, 15) is 0 Å². The van der Waals surface area contributed by atoms with Gasteiger partial charge in [0.2, 0.25) is 0 Å². The van der Waals surface area contributed by atoms with Gasteiger partial charge in [0.1, 0.15) is 5.75 Å². The minimum Gasteiger partial charge on any atom is -0.497 e. The van der Waals surface area contributed by atoms with Gasteiger partial charge in [-0.3, -0.25) is 5.10 Å². The highest BCUT2D eigenvalue weighted by Crippen LogP contribution is 2.26. The van der Waals surface area contributed by atoms with E-state index >= 15 is 0 Å². The molecule has 1 aromatic heterocycles. The van der Waals surface area contributed by atoms with Crippen molar-refractivity contribution >= 4 is 10.9 Å². The number of hydrogen-bond donors (Lipinski definition) is 1. The molecular formula is C11H14N2O. The summed E-state index contributed by atoms with van der Waals surface area (Å²) < 4.78 is 5.18. The van der Waals surface area contributed by atoms with Crippen molar-refractivity contribution in [2.75, 3.05) is 7.11 Å². The third-order valence-corrected chi connectivity index (χ3v) is 2.37. The second kappa shape index (κ2) is 3.33. The zero-order chi connectivity index (χ0) is 10.1. The van der Waals surface area contributed by atoms with Gasteiger partial charge < -0.3 is 4.74 Å². The van der Waals surface area contributed by atoms with Crippen molar-refractivity contribution < 1.29 is 4.74 Å². The van der Waals surface area contributed by atoms with Crippen LogP contribution in [-0.4, -0.2) is 17.3 Å². The molecule has 0 amide bonds. The number of H-pyrrole nitrogens is 1. The van der Waals surface area contributed by atoms with Gasteiger partial charge in [-0.1, -0.05) is 13.8 Å². The summed E-state index contributed by atoms with van der Waals surface area (Å²) in [6.45, 7) is 4.29. The second-order valence-corrected chi connectivity index (χ2v) is 3.68. The Kier molecular flexibility index (Phi) is 2.15. The second-order valence-electron chi connectivity index (χ2n) is 3.68. The largest absolute Gasteiger partial charge is 0.497 e. The Morgan fingerprint density at radius 2 is 2.14 bits per heavy atom. The topological polar surface area (TPSA) is 37.9 Å². The van der Waals surface area contributed by atoms with Crippen molar-refractivity contribution in [1.82, 2.24) is 10.2 Å². The number of rotatable bonds is 2. The summed E-state index contributed by atoms with van der Waals surface area (Å²) in [5.41, 5.74) is 2.16. The Balaban J connectivity index is 2.63. The number of nitrogens with zero attached hydrogens (tertiary/aromatic N) is 1. The number of aromatic nitrogens is 2. The van der Waals surface area contributed by atoms with Gasteiger partial charge in [-0.15, -0.1) is 0 Å². The van der Waals surface area contributed by atoms with Crippen LogP contribution in [0.2, 0.25) is 0 Å². The molecule has 0 radical (unpaired) electrons. The number of fused-ring (bicyclic) bond motifs is 1. The maximum absolute atomic E-state index is 5.18. The standard InChI is InChI=1S/C11H14N2O/c1-7(2)11-9-6-8(14-3)4-5-10(9)12-13-11/h4-7H,1-3H3,(H,12,13). The zero-order valence-electron chi connectivity index (χ0n) is 8.66. The monoisotopic (exact) mass is 190 g/mol.